The standard InChI is InChI=1S/C17H22N2O5S/c1-10-14(25-16(18-10)9-21-2)8-15(20)19-11-6-12(22-3)17(24-5)13(7-11)23-4/h6-7H,8-9H2,1-5H3,(H,19,20). The SMILES string of the molecule is COCc1nc(C)c(CC(=O)Nc2cc(OC)c(OC)c(OC)c2)s1. The van der Waals surface area contributed by atoms with Gasteiger partial charge in [0.2, 0.25) is 11.7 Å². The molecule has 0 unspecified atom stereocenters. The normalized spacial score (nSPS) is 10.4. The van der Waals surface area contributed by atoms with E-state index in [1.807, 2.05) is 6.92 Å². The van der Waals surface area contributed by atoms with E-state index in [9.17, 15) is 4.79 Å². The largest absolute Gasteiger partial charge is 0.493 e. The van der Waals surface area contributed by atoms with Gasteiger partial charge in [-0.1, -0.05) is 0 Å². The minimum Gasteiger partial charge on any atom is -0.493 e. The van der Waals surface area contributed by atoms with Crippen LogP contribution in [-0.4, -0.2) is 39.3 Å². The summed E-state index contributed by atoms with van der Waals surface area (Å²) < 4.78 is 20.9. The maximum atomic E-state index is 12.4. The molecule has 0 radical (unpaired) electrons. The van der Waals surface area contributed by atoms with Crippen LogP contribution in [0.2, 0.25) is 0 Å². The molecule has 1 aromatic heterocycles. The molecule has 1 heterocycles. The molecule has 2 aromatic rings. The van der Waals surface area contributed by atoms with Crippen molar-refractivity contribution in [3.05, 3.63) is 27.7 Å². The molecule has 2 rings (SSSR count). The summed E-state index contributed by atoms with van der Waals surface area (Å²) in [6.45, 7) is 2.33. The molecule has 1 aromatic carbocycles. The molecule has 0 aliphatic rings. The number of amides is 1. The fraction of sp³-hybridized carbons (Fsp3) is 0.412. The van der Waals surface area contributed by atoms with Gasteiger partial charge in [-0.15, -0.1) is 11.3 Å². The maximum Gasteiger partial charge on any atom is 0.229 e. The lowest BCUT2D eigenvalue weighted by Gasteiger charge is -2.14. The highest BCUT2D eigenvalue weighted by atomic mass is 32.1. The number of anilines is 1. The predicted molar refractivity (Wildman–Crippen MR) is 96.0 cm³/mol. The topological polar surface area (TPSA) is 78.9 Å². The van der Waals surface area contributed by atoms with Crippen LogP contribution in [0.5, 0.6) is 17.2 Å². The van der Waals surface area contributed by atoms with Gasteiger partial charge in [0, 0.05) is 29.8 Å². The Balaban J connectivity index is 2.15. The molecule has 1 amide bonds. The minimum atomic E-state index is -0.148. The second-order valence-electron chi connectivity index (χ2n) is 5.19. The Kier molecular flexibility index (Phi) is 6.60. The third kappa shape index (κ3) is 4.61. The summed E-state index contributed by atoms with van der Waals surface area (Å²) in [5, 5.41) is 3.71. The number of rotatable bonds is 8. The van der Waals surface area contributed by atoms with Gasteiger partial charge in [0.25, 0.3) is 0 Å². The van der Waals surface area contributed by atoms with Crippen LogP contribution in [0.25, 0.3) is 0 Å². The van der Waals surface area contributed by atoms with Crippen LogP contribution < -0.4 is 19.5 Å². The zero-order valence-electron chi connectivity index (χ0n) is 15.0. The molecule has 25 heavy (non-hydrogen) atoms. The highest BCUT2D eigenvalue weighted by Gasteiger charge is 2.16. The first-order valence-electron chi connectivity index (χ1n) is 7.56. The summed E-state index contributed by atoms with van der Waals surface area (Å²) in [5.41, 5.74) is 1.41. The van der Waals surface area contributed by atoms with Gasteiger partial charge >= 0.3 is 0 Å². The molecule has 7 nitrogen and oxygen atoms in total. The number of nitrogens with one attached hydrogen (secondary N) is 1. The monoisotopic (exact) mass is 366 g/mol. The Hall–Kier alpha value is -2.32. The third-order valence-electron chi connectivity index (χ3n) is 3.47. The van der Waals surface area contributed by atoms with Gasteiger partial charge in [0.15, 0.2) is 11.5 Å². The highest BCUT2D eigenvalue weighted by Crippen LogP contribution is 2.40. The highest BCUT2D eigenvalue weighted by molar-refractivity contribution is 7.11. The summed E-state index contributed by atoms with van der Waals surface area (Å²) >= 11 is 1.48. The molecule has 8 heteroatoms. The Morgan fingerprint density at radius 1 is 1.12 bits per heavy atom. The second kappa shape index (κ2) is 8.68. The number of benzene rings is 1. The molecule has 0 bridgehead atoms. The number of hydrogen-bond donors (Lipinski definition) is 1. The van der Waals surface area contributed by atoms with E-state index in [4.69, 9.17) is 18.9 Å². The molecular weight excluding hydrogens is 344 g/mol. The summed E-state index contributed by atoms with van der Waals surface area (Å²) in [4.78, 5) is 17.7. The lowest BCUT2D eigenvalue weighted by molar-refractivity contribution is -0.115. The average molecular weight is 366 g/mol. The van der Waals surface area contributed by atoms with E-state index in [-0.39, 0.29) is 12.3 Å². The van der Waals surface area contributed by atoms with Crippen LogP contribution in [0.3, 0.4) is 0 Å². The van der Waals surface area contributed by atoms with E-state index in [2.05, 4.69) is 10.3 Å². The number of nitrogens with zero attached hydrogens (tertiary/aromatic N) is 1. The van der Waals surface area contributed by atoms with Crippen LogP contribution in [0.15, 0.2) is 12.1 Å². The van der Waals surface area contributed by atoms with Crippen LogP contribution in [0.4, 0.5) is 5.69 Å². The molecule has 136 valence electrons. The van der Waals surface area contributed by atoms with Gasteiger partial charge in [-0.3, -0.25) is 4.79 Å². The van der Waals surface area contributed by atoms with Gasteiger partial charge in [-0.25, -0.2) is 4.98 Å². The van der Waals surface area contributed by atoms with Gasteiger partial charge in [0.1, 0.15) is 5.01 Å². The Morgan fingerprint density at radius 3 is 2.28 bits per heavy atom. The van der Waals surface area contributed by atoms with Crippen LogP contribution in [0.1, 0.15) is 15.6 Å². The first-order valence-corrected chi connectivity index (χ1v) is 8.38. The summed E-state index contributed by atoms with van der Waals surface area (Å²) in [6, 6.07) is 3.38. The van der Waals surface area contributed by atoms with Crippen molar-refractivity contribution in [2.75, 3.05) is 33.8 Å². The maximum absolute atomic E-state index is 12.4. The fourth-order valence-corrected chi connectivity index (χ4v) is 3.38. The fourth-order valence-electron chi connectivity index (χ4n) is 2.34. The first-order chi connectivity index (χ1) is 12.0. The van der Waals surface area contributed by atoms with E-state index in [1.165, 1.54) is 32.7 Å². The molecule has 0 saturated carbocycles. The van der Waals surface area contributed by atoms with Gasteiger partial charge in [0.05, 0.1) is 40.1 Å². The number of ether oxygens (including phenoxy) is 4. The molecule has 0 aliphatic carbocycles. The van der Waals surface area contributed by atoms with E-state index in [0.717, 1.165) is 15.6 Å². The molecule has 1 N–H and O–H groups in total. The smallest absolute Gasteiger partial charge is 0.229 e. The number of hydrogen-bond acceptors (Lipinski definition) is 7. The summed E-state index contributed by atoms with van der Waals surface area (Å²) in [7, 11) is 6.21. The van der Waals surface area contributed by atoms with Crippen LogP contribution >= 0.6 is 11.3 Å². The van der Waals surface area contributed by atoms with Crippen molar-refractivity contribution >= 4 is 22.9 Å². The van der Waals surface area contributed by atoms with Crippen molar-refractivity contribution < 1.29 is 23.7 Å². The Bertz CT molecular complexity index is 720. The first kappa shape index (κ1) is 19.0. The van der Waals surface area contributed by atoms with E-state index >= 15 is 0 Å². The zero-order valence-corrected chi connectivity index (χ0v) is 15.8. The van der Waals surface area contributed by atoms with E-state index in [1.54, 1.807) is 19.2 Å². The number of carbonyl (C=O) groups is 1. The second-order valence-corrected chi connectivity index (χ2v) is 6.36. The van der Waals surface area contributed by atoms with Gasteiger partial charge in [-0.2, -0.15) is 0 Å². The molecule has 0 spiro atoms. The molecule has 0 fully saturated rings. The quantitative estimate of drug-likeness (QED) is 0.774. The van der Waals surface area contributed by atoms with Crippen molar-refractivity contribution in [3.63, 3.8) is 0 Å². The zero-order chi connectivity index (χ0) is 18.4. The lowest BCUT2D eigenvalue weighted by Crippen LogP contribution is -2.14. The van der Waals surface area contributed by atoms with Gasteiger partial charge < -0.3 is 24.3 Å². The Labute approximate surface area is 150 Å². The van der Waals surface area contributed by atoms with Crippen molar-refractivity contribution in [1.82, 2.24) is 4.98 Å². The Morgan fingerprint density at radius 2 is 1.76 bits per heavy atom. The molecule has 0 aliphatic heterocycles. The molecule has 0 saturated heterocycles. The van der Waals surface area contributed by atoms with Crippen LogP contribution in [-0.2, 0) is 22.6 Å². The van der Waals surface area contributed by atoms with Crippen molar-refractivity contribution in [1.29, 1.82) is 0 Å². The van der Waals surface area contributed by atoms with Crippen molar-refractivity contribution in [2.24, 2.45) is 0 Å². The van der Waals surface area contributed by atoms with Gasteiger partial charge in [-0.05, 0) is 6.92 Å². The van der Waals surface area contributed by atoms with Crippen LogP contribution in [0, 0.1) is 6.92 Å². The summed E-state index contributed by atoms with van der Waals surface area (Å²) in [5.74, 6) is 1.29. The minimum absolute atomic E-state index is 0.148. The number of aromatic nitrogens is 1. The third-order valence-corrected chi connectivity index (χ3v) is 4.61. The molecule has 0 atom stereocenters. The summed E-state index contributed by atoms with van der Waals surface area (Å²) in [6.07, 6.45) is 0.240. The lowest BCUT2D eigenvalue weighted by atomic mass is 10.2. The van der Waals surface area contributed by atoms with E-state index in [0.29, 0.717) is 29.5 Å². The molecular formula is C17H22N2O5S. The van der Waals surface area contributed by atoms with Crippen molar-refractivity contribution in [3.8, 4) is 17.2 Å². The number of methoxy groups -OCH3 is 4. The number of aryl methyl sites for hydroxylation is 1. The average Bonchev–Trinajstić information content (AvgIpc) is 2.93. The van der Waals surface area contributed by atoms with Crippen molar-refractivity contribution in [2.45, 2.75) is 20.0 Å². The predicted octanol–water partition coefficient (Wildman–Crippen LogP) is 2.80. The number of thiazole rings is 1. The number of carbonyl (C=O) groups excluding carboxylic acids is 1. The van der Waals surface area contributed by atoms with E-state index < -0.39 is 0 Å².